The summed E-state index contributed by atoms with van der Waals surface area (Å²) in [6.07, 6.45) is 3.56. The monoisotopic (exact) mass is 409 g/mol. The van der Waals surface area contributed by atoms with Crippen molar-refractivity contribution in [1.29, 1.82) is 0 Å². The number of hydrogen-bond donors (Lipinski definition) is 3. The summed E-state index contributed by atoms with van der Waals surface area (Å²) in [6.45, 7) is 6.96. The number of amides is 3. The van der Waals surface area contributed by atoms with Crippen molar-refractivity contribution in [2.24, 2.45) is 17.8 Å². The Morgan fingerprint density at radius 3 is 2.62 bits per heavy atom. The Balaban J connectivity index is 1.98. The average Bonchev–Trinajstić information content (AvgIpc) is 3.19. The number of unbranched alkanes of at least 4 members (excludes halogenated alkanes) is 2. The van der Waals surface area contributed by atoms with Gasteiger partial charge >= 0.3 is 0 Å². The van der Waals surface area contributed by atoms with Gasteiger partial charge in [-0.3, -0.25) is 14.4 Å². The molecule has 3 unspecified atom stereocenters. The highest BCUT2D eigenvalue weighted by Gasteiger charge is 2.79. The van der Waals surface area contributed by atoms with Crippen molar-refractivity contribution in [3.63, 3.8) is 0 Å². The molecule has 3 saturated heterocycles. The fraction of sp³-hybridized carbons (Fsp3) is 0.857. The summed E-state index contributed by atoms with van der Waals surface area (Å²) in [5, 5.41) is 14.8. The molecule has 3 rings (SSSR count). The molecule has 29 heavy (non-hydrogen) atoms. The minimum atomic E-state index is -0.974. The maximum atomic E-state index is 13.5. The van der Waals surface area contributed by atoms with Crippen molar-refractivity contribution in [3.05, 3.63) is 0 Å². The van der Waals surface area contributed by atoms with Crippen molar-refractivity contribution in [2.45, 2.75) is 70.1 Å². The summed E-state index contributed by atoms with van der Waals surface area (Å²) < 4.78 is 6.53. The van der Waals surface area contributed by atoms with Gasteiger partial charge in [-0.2, -0.15) is 0 Å². The SMILES string of the molecule is CCCCNC(=O)C1N(CCCCO)C(=O)[C@@H]2[C@H](C(=O)NC)[C@@]3(C)OC12CC3C. The second kappa shape index (κ2) is 8.22. The molecule has 0 aromatic heterocycles. The first-order chi connectivity index (χ1) is 13.8. The molecule has 2 bridgehead atoms. The Labute approximate surface area is 172 Å². The zero-order valence-corrected chi connectivity index (χ0v) is 18.0. The van der Waals surface area contributed by atoms with Crippen molar-refractivity contribution in [3.8, 4) is 0 Å². The van der Waals surface area contributed by atoms with Crippen LogP contribution in [-0.2, 0) is 19.1 Å². The lowest BCUT2D eigenvalue weighted by atomic mass is 9.62. The van der Waals surface area contributed by atoms with Gasteiger partial charge < -0.3 is 25.4 Å². The Kier molecular flexibility index (Phi) is 6.24. The summed E-state index contributed by atoms with van der Waals surface area (Å²) in [6, 6.07) is -0.741. The van der Waals surface area contributed by atoms with E-state index in [1.54, 1.807) is 11.9 Å². The summed E-state index contributed by atoms with van der Waals surface area (Å²) in [7, 11) is 1.57. The number of aliphatic hydroxyl groups excluding tert-OH is 1. The molecular formula is C21H35N3O5. The van der Waals surface area contributed by atoms with E-state index in [4.69, 9.17) is 9.84 Å². The second-order valence-electron chi connectivity index (χ2n) is 8.93. The van der Waals surface area contributed by atoms with Crippen LogP contribution in [0.1, 0.15) is 52.9 Å². The Morgan fingerprint density at radius 2 is 2.00 bits per heavy atom. The van der Waals surface area contributed by atoms with Crippen LogP contribution >= 0.6 is 0 Å². The molecule has 8 nitrogen and oxygen atoms in total. The summed E-state index contributed by atoms with van der Waals surface area (Å²) >= 11 is 0. The molecule has 3 aliphatic heterocycles. The number of ether oxygens (including phenoxy) is 1. The third kappa shape index (κ3) is 3.24. The van der Waals surface area contributed by atoms with E-state index < -0.39 is 29.1 Å². The van der Waals surface area contributed by atoms with Gasteiger partial charge in [0.15, 0.2) is 0 Å². The predicted molar refractivity (Wildman–Crippen MR) is 107 cm³/mol. The van der Waals surface area contributed by atoms with E-state index in [2.05, 4.69) is 17.6 Å². The van der Waals surface area contributed by atoms with Crippen LogP contribution in [0.15, 0.2) is 0 Å². The summed E-state index contributed by atoms with van der Waals surface area (Å²) in [5.41, 5.74) is -1.74. The van der Waals surface area contributed by atoms with E-state index in [0.29, 0.717) is 32.4 Å². The van der Waals surface area contributed by atoms with Crippen LogP contribution < -0.4 is 10.6 Å². The molecule has 0 radical (unpaired) electrons. The molecule has 1 spiro atoms. The minimum Gasteiger partial charge on any atom is -0.396 e. The third-order valence-corrected chi connectivity index (χ3v) is 7.23. The zero-order chi connectivity index (χ0) is 21.4. The van der Waals surface area contributed by atoms with Crippen LogP contribution in [0.3, 0.4) is 0 Å². The first-order valence-corrected chi connectivity index (χ1v) is 10.9. The molecule has 3 heterocycles. The fourth-order valence-electron chi connectivity index (χ4n) is 5.71. The van der Waals surface area contributed by atoms with Crippen LogP contribution in [0.4, 0.5) is 0 Å². The maximum absolute atomic E-state index is 13.5. The van der Waals surface area contributed by atoms with Crippen molar-refractivity contribution >= 4 is 17.7 Å². The standard InChI is InChI=1S/C21H35N3O5/c1-5-6-9-23-18(27)16-21-12-13(2)20(3,29-21)14(17(26)22-4)15(21)19(28)24(16)10-7-8-11-25/h13-16,25H,5-12H2,1-4H3,(H,22,26)(H,23,27)/t13?,14-,15+,16?,20+,21?/m1/s1. The molecule has 0 aliphatic carbocycles. The number of carbonyl (C=O) groups is 3. The lowest BCUT2D eigenvalue weighted by Gasteiger charge is -2.36. The molecule has 8 heteroatoms. The predicted octanol–water partition coefficient (Wildman–Crippen LogP) is 0.432. The summed E-state index contributed by atoms with van der Waals surface area (Å²) in [4.78, 5) is 41.2. The van der Waals surface area contributed by atoms with E-state index in [1.165, 1.54) is 0 Å². The summed E-state index contributed by atoms with van der Waals surface area (Å²) in [5.74, 6) is -1.80. The molecule has 3 amide bonds. The van der Waals surface area contributed by atoms with Crippen LogP contribution in [0, 0.1) is 17.8 Å². The smallest absolute Gasteiger partial charge is 0.245 e. The van der Waals surface area contributed by atoms with E-state index in [9.17, 15) is 14.4 Å². The van der Waals surface area contributed by atoms with Crippen LogP contribution in [-0.4, -0.2) is 71.7 Å². The van der Waals surface area contributed by atoms with Gasteiger partial charge in [0, 0.05) is 26.7 Å². The molecular weight excluding hydrogens is 374 g/mol. The third-order valence-electron chi connectivity index (χ3n) is 7.23. The van der Waals surface area contributed by atoms with Gasteiger partial charge in [-0.15, -0.1) is 0 Å². The molecule has 6 atom stereocenters. The molecule has 0 aromatic carbocycles. The van der Waals surface area contributed by atoms with Gasteiger partial charge in [0.1, 0.15) is 11.6 Å². The first-order valence-electron chi connectivity index (χ1n) is 10.9. The number of carbonyl (C=O) groups excluding carboxylic acids is 3. The van der Waals surface area contributed by atoms with Gasteiger partial charge in [0.25, 0.3) is 0 Å². The van der Waals surface area contributed by atoms with Gasteiger partial charge in [0.2, 0.25) is 17.7 Å². The number of hydrogen-bond acceptors (Lipinski definition) is 5. The molecule has 3 aliphatic rings. The lowest BCUT2D eigenvalue weighted by molar-refractivity contribution is -0.147. The number of fused-ring (bicyclic) bond motifs is 1. The molecule has 164 valence electrons. The Hall–Kier alpha value is -1.67. The van der Waals surface area contributed by atoms with Crippen molar-refractivity contribution in [1.82, 2.24) is 15.5 Å². The molecule has 0 saturated carbocycles. The normalized spacial score (nSPS) is 37.7. The zero-order valence-electron chi connectivity index (χ0n) is 18.0. The fourth-order valence-corrected chi connectivity index (χ4v) is 5.71. The van der Waals surface area contributed by atoms with Gasteiger partial charge in [0.05, 0.1) is 17.4 Å². The van der Waals surface area contributed by atoms with Crippen molar-refractivity contribution < 1.29 is 24.2 Å². The van der Waals surface area contributed by atoms with Crippen LogP contribution in [0.5, 0.6) is 0 Å². The number of likely N-dealkylation sites (tertiary alicyclic amines) is 1. The lowest BCUT2D eigenvalue weighted by Crippen LogP contribution is -2.56. The molecule has 3 N–H and O–H groups in total. The number of nitrogens with one attached hydrogen (secondary N) is 2. The van der Waals surface area contributed by atoms with Gasteiger partial charge in [-0.05, 0) is 38.5 Å². The number of aliphatic hydroxyl groups is 1. The topological polar surface area (TPSA) is 108 Å². The highest BCUT2D eigenvalue weighted by molar-refractivity contribution is 5.99. The number of nitrogens with zero attached hydrogens (tertiary/aromatic N) is 1. The highest BCUT2D eigenvalue weighted by Crippen LogP contribution is 2.65. The van der Waals surface area contributed by atoms with E-state index in [-0.39, 0.29) is 30.2 Å². The van der Waals surface area contributed by atoms with Crippen LogP contribution in [0.25, 0.3) is 0 Å². The number of rotatable bonds is 9. The van der Waals surface area contributed by atoms with Gasteiger partial charge in [-0.25, -0.2) is 0 Å². The van der Waals surface area contributed by atoms with E-state index >= 15 is 0 Å². The quantitative estimate of drug-likeness (QED) is 0.479. The Morgan fingerprint density at radius 1 is 1.28 bits per heavy atom. The van der Waals surface area contributed by atoms with Crippen molar-refractivity contribution in [2.75, 3.05) is 26.7 Å². The second-order valence-corrected chi connectivity index (χ2v) is 8.93. The Bertz CT molecular complexity index is 671. The molecule has 0 aromatic rings. The minimum absolute atomic E-state index is 0.0381. The van der Waals surface area contributed by atoms with Gasteiger partial charge in [-0.1, -0.05) is 20.3 Å². The van der Waals surface area contributed by atoms with E-state index in [1.807, 2.05) is 13.8 Å². The maximum Gasteiger partial charge on any atom is 0.245 e. The van der Waals surface area contributed by atoms with E-state index in [0.717, 1.165) is 12.8 Å². The largest absolute Gasteiger partial charge is 0.396 e. The molecule has 3 fully saturated rings. The highest BCUT2D eigenvalue weighted by atomic mass is 16.5. The first kappa shape index (κ1) is 22.0. The van der Waals surface area contributed by atoms with Crippen LogP contribution in [0.2, 0.25) is 0 Å². The average molecular weight is 410 g/mol.